The van der Waals surface area contributed by atoms with E-state index in [0.717, 1.165) is 34.9 Å². The molecule has 1 aliphatic rings. The molecule has 0 bridgehead atoms. The smallest absolute Gasteiger partial charge is 0.223 e. The predicted octanol–water partition coefficient (Wildman–Crippen LogP) is 3.93. The molecule has 0 fully saturated rings. The monoisotopic (exact) mass is 340 g/mol. The first-order valence-corrected chi connectivity index (χ1v) is 8.94. The summed E-state index contributed by atoms with van der Waals surface area (Å²) in [5.41, 5.74) is 8.44. The third-order valence-electron chi connectivity index (χ3n) is 4.59. The molecule has 2 N–H and O–H groups in total. The minimum absolute atomic E-state index is 0.330. The molecule has 0 aliphatic heterocycles. The Bertz CT molecular complexity index is 888. The fourth-order valence-corrected chi connectivity index (χ4v) is 4.59. The fourth-order valence-electron chi connectivity index (χ4n) is 3.33. The molecule has 0 amide bonds. The second-order valence-corrected chi connectivity index (χ2v) is 7.14. The fraction of sp³-hybridized carbons (Fsp3) is 0.333. The van der Waals surface area contributed by atoms with E-state index in [4.69, 9.17) is 10.5 Å². The number of rotatable bonds is 3. The van der Waals surface area contributed by atoms with Gasteiger partial charge in [-0.15, -0.1) is 11.3 Å². The Morgan fingerprint density at radius 3 is 2.62 bits per heavy atom. The summed E-state index contributed by atoms with van der Waals surface area (Å²) in [6.45, 7) is 0. The van der Waals surface area contributed by atoms with Gasteiger partial charge in [-0.25, -0.2) is 4.98 Å². The van der Waals surface area contributed by atoms with E-state index in [1.165, 1.54) is 28.7 Å². The van der Waals surface area contributed by atoms with Crippen molar-refractivity contribution in [3.8, 4) is 5.75 Å². The molecule has 24 heavy (non-hydrogen) atoms. The largest absolute Gasteiger partial charge is 0.497 e. The summed E-state index contributed by atoms with van der Waals surface area (Å²) in [5.74, 6) is 2.06. The van der Waals surface area contributed by atoms with E-state index in [0.29, 0.717) is 5.95 Å². The molecule has 0 unspecified atom stereocenters. The number of nitrogen functional groups attached to an aromatic ring is 1. The van der Waals surface area contributed by atoms with Crippen LogP contribution in [0, 0.1) is 0 Å². The van der Waals surface area contributed by atoms with Crippen molar-refractivity contribution in [3.05, 3.63) is 34.7 Å². The van der Waals surface area contributed by atoms with Gasteiger partial charge in [0.05, 0.1) is 12.5 Å². The molecule has 0 saturated heterocycles. The van der Waals surface area contributed by atoms with Crippen LogP contribution in [0.4, 0.5) is 17.5 Å². The van der Waals surface area contributed by atoms with Crippen molar-refractivity contribution in [3.63, 3.8) is 0 Å². The maximum absolute atomic E-state index is 5.98. The number of benzene rings is 1. The Balaban J connectivity index is 1.86. The molecule has 5 nitrogen and oxygen atoms in total. The SMILES string of the molecule is COc1ccc(N(C)c2nc(N)nc3sc4c(c23)CCCC4)cc1. The number of nitrogens with two attached hydrogens (primary N) is 1. The first-order valence-electron chi connectivity index (χ1n) is 8.13. The first-order chi connectivity index (χ1) is 11.7. The van der Waals surface area contributed by atoms with Crippen molar-refractivity contribution in [2.45, 2.75) is 25.7 Å². The number of thiophene rings is 1. The highest BCUT2D eigenvalue weighted by molar-refractivity contribution is 7.19. The number of aryl methyl sites for hydroxylation is 2. The van der Waals surface area contributed by atoms with E-state index in [9.17, 15) is 0 Å². The quantitative estimate of drug-likeness (QED) is 0.782. The van der Waals surface area contributed by atoms with Gasteiger partial charge in [0.2, 0.25) is 5.95 Å². The van der Waals surface area contributed by atoms with E-state index in [1.54, 1.807) is 18.4 Å². The molecule has 1 aromatic carbocycles. The lowest BCUT2D eigenvalue weighted by Gasteiger charge is -2.21. The van der Waals surface area contributed by atoms with Crippen molar-refractivity contribution in [2.75, 3.05) is 24.8 Å². The average molecular weight is 340 g/mol. The molecule has 0 radical (unpaired) electrons. The van der Waals surface area contributed by atoms with Crippen LogP contribution in [0.25, 0.3) is 10.2 Å². The van der Waals surface area contributed by atoms with Crippen LogP contribution in [0.2, 0.25) is 0 Å². The highest BCUT2D eigenvalue weighted by Crippen LogP contribution is 2.41. The molecule has 1 aliphatic carbocycles. The van der Waals surface area contributed by atoms with Gasteiger partial charge >= 0.3 is 0 Å². The highest BCUT2D eigenvalue weighted by Gasteiger charge is 2.22. The predicted molar refractivity (Wildman–Crippen MR) is 99.5 cm³/mol. The van der Waals surface area contributed by atoms with Crippen LogP contribution in [0.15, 0.2) is 24.3 Å². The van der Waals surface area contributed by atoms with E-state index in [2.05, 4.69) is 14.9 Å². The lowest BCUT2D eigenvalue weighted by molar-refractivity contribution is 0.415. The molecule has 2 heterocycles. The Kier molecular flexibility index (Phi) is 3.76. The lowest BCUT2D eigenvalue weighted by atomic mass is 9.97. The Hall–Kier alpha value is -2.34. The molecule has 124 valence electrons. The van der Waals surface area contributed by atoms with Gasteiger partial charge < -0.3 is 15.4 Å². The summed E-state index contributed by atoms with van der Waals surface area (Å²) in [6, 6.07) is 7.97. The summed E-state index contributed by atoms with van der Waals surface area (Å²) < 4.78 is 5.24. The molecule has 6 heteroatoms. The van der Waals surface area contributed by atoms with Crippen LogP contribution in [0.5, 0.6) is 5.75 Å². The van der Waals surface area contributed by atoms with Crippen LogP contribution in [0.3, 0.4) is 0 Å². The average Bonchev–Trinajstić information content (AvgIpc) is 2.98. The van der Waals surface area contributed by atoms with Gasteiger partial charge in [-0.3, -0.25) is 0 Å². The summed E-state index contributed by atoms with van der Waals surface area (Å²) in [7, 11) is 3.70. The topological polar surface area (TPSA) is 64.3 Å². The van der Waals surface area contributed by atoms with Crippen LogP contribution in [-0.2, 0) is 12.8 Å². The zero-order valence-corrected chi connectivity index (χ0v) is 14.7. The highest BCUT2D eigenvalue weighted by atomic mass is 32.1. The molecule has 3 aromatic rings. The molecule has 2 aromatic heterocycles. The van der Waals surface area contributed by atoms with Gasteiger partial charge in [-0.2, -0.15) is 4.98 Å². The third kappa shape index (κ3) is 2.47. The van der Waals surface area contributed by atoms with E-state index in [-0.39, 0.29) is 0 Å². The second kappa shape index (κ2) is 5.94. The molecule has 0 atom stereocenters. The minimum Gasteiger partial charge on any atom is -0.497 e. The lowest BCUT2D eigenvalue weighted by Crippen LogP contribution is -2.14. The van der Waals surface area contributed by atoms with E-state index >= 15 is 0 Å². The van der Waals surface area contributed by atoms with Crippen molar-refractivity contribution >= 4 is 39.0 Å². The summed E-state index contributed by atoms with van der Waals surface area (Å²) in [4.78, 5) is 13.6. The number of aromatic nitrogens is 2. The maximum atomic E-state index is 5.98. The van der Waals surface area contributed by atoms with Crippen molar-refractivity contribution in [2.24, 2.45) is 0 Å². The Labute approximate surface area is 145 Å². The molecular weight excluding hydrogens is 320 g/mol. The number of nitrogens with zero attached hydrogens (tertiary/aromatic N) is 3. The van der Waals surface area contributed by atoms with Crippen LogP contribution < -0.4 is 15.4 Å². The van der Waals surface area contributed by atoms with Crippen LogP contribution in [-0.4, -0.2) is 24.1 Å². The van der Waals surface area contributed by atoms with Crippen molar-refractivity contribution < 1.29 is 4.74 Å². The van der Waals surface area contributed by atoms with E-state index in [1.807, 2.05) is 31.3 Å². The second-order valence-electron chi connectivity index (χ2n) is 6.05. The summed E-state index contributed by atoms with van der Waals surface area (Å²) in [5, 5.41) is 1.17. The van der Waals surface area contributed by atoms with Crippen LogP contribution in [0.1, 0.15) is 23.3 Å². The zero-order chi connectivity index (χ0) is 16.7. The number of hydrogen-bond donors (Lipinski definition) is 1. The van der Waals surface area contributed by atoms with E-state index < -0.39 is 0 Å². The van der Waals surface area contributed by atoms with Gasteiger partial charge in [-0.05, 0) is 55.5 Å². The number of hydrogen-bond acceptors (Lipinski definition) is 6. The first kappa shape index (κ1) is 15.2. The number of fused-ring (bicyclic) bond motifs is 3. The van der Waals surface area contributed by atoms with Gasteiger partial charge in [0, 0.05) is 17.6 Å². The van der Waals surface area contributed by atoms with Crippen molar-refractivity contribution in [1.82, 2.24) is 9.97 Å². The molecule has 4 rings (SSSR count). The molecule has 0 spiro atoms. The molecular formula is C18H20N4OS. The van der Waals surface area contributed by atoms with Gasteiger partial charge in [0.25, 0.3) is 0 Å². The zero-order valence-electron chi connectivity index (χ0n) is 13.9. The van der Waals surface area contributed by atoms with Crippen LogP contribution >= 0.6 is 11.3 Å². The third-order valence-corrected chi connectivity index (χ3v) is 5.78. The maximum Gasteiger partial charge on any atom is 0.223 e. The minimum atomic E-state index is 0.330. The summed E-state index contributed by atoms with van der Waals surface area (Å²) in [6.07, 6.45) is 4.73. The Morgan fingerprint density at radius 1 is 1.12 bits per heavy atom. The van der Waals surface area contributed by atoms with Gasteiger partial charge in [0.15, 0.2) is 0 Å². The number of ether oxygens (including phenoxy) is 1. The Morgan fingerprint density at radius 2 is 1.88 bits per heavy atom. The van der Waals surface area contributed by atoms with Crippen molar-refractivity contribution in [1.29, 1.82) is 0 Å². The summed E-state index contributed by atoms with van der Waals surface area (Å²) >= 11 is 1.77. The van der Waals surface area contributed by atoms with Gasteiger partial charge in [0.1, 0.15) is 16.4 Å². The van der Waals surface area contributed by atoms with Gasteiger partial charge in [-0.1, -0.05) is 0 Å². The molecule has 0 saturated carbocycles. The standard InChI is InChI=1S/C18H20N4OS/c1-22(11-7-9-12(23-2)10-8-11)16-15-13-5-3-4-6-14(13)24-17(15)21-18(19)20-16/h7-10H,3-6H2,1-2H3,(H2,19,20,21). The number of anilines is 3. The number of methoxy groups -OCH3 is 1. The normalized spacial score (nSPS) is 13.8.